The maximum absolute atomic E-state index is 12.5. The lowest BCUT2D eigenvalue weighted by molar-refractivity contribution is 0.0952. The lowest BCUT2D eigenvalue weighted by atomic mass is 10.1. The van der Waals surface area contributed by atoms with Crippen LogP contribution in [0.1, 0.15) is 26.6 Å². The molecule has 0 unspecified atom stereocenters. The highest BCUT2D eigenvalue weighted by molar-refractivity contribution is 7.09. The number of thiophene rings is 1. The van der Waals surface area contributed by atoms with Gasteiger partial charge in [-0.2, -0.15) is 5.10 Å². The molecule has 0 atom stereocenters. The van der Waals surface area contributed by atoms with Crippen LogP contribution in [0.3, 0.4) is 0 Å². The molecule has 3 aromatic heterocycles. The van der Waals surface area contributed by atoms with Crippen LogP contribution >= 0.6 is 11.3 Å². The number of hydrogen-bond donors (Lipinski definition) is 1. The van der Waals surface area contributed by atoms with Crippen molar-refractivity contribution in [2.75, 3.05) is 0 Å². The standard InChI is InChI=1S/C15H16N4OS/c1-9-7-12(13-10(2)18-19(3)14(13)17-9)15(20)16-8-11-5-4-6-21-11/h4-7H,8H2,1-3H3,(H,16,20). The molecule has 0 radical (unpaired) electrons. The summed E-state index contributed by atoms with van der Waals surface area (Å²) < 4.78 is 1.72. The van der Waals surface area contributed by atoms with Gasteiger partial charge in [-0.1, -0.05) is 6.07 Å². The largest absolute Gasteiger partial charge is 0.347 e. The maximum atomic E-state index is 12.5. The van der Waals surface area contributed by atoms with Crippen LogP contribution in [0.2, 0.25) is 0 Å². The fourth-order valence-electron chi connectivity index (χ4n) is 2.42. The van der Waals surface area contributed by atoms with Crippen molar-refractivity contribution in [3.63, 3.8) is 0 Å². The number of aryl methyl sites for hydroxylation is 3. The van der Waals surface area contributed by atoms with E-state index in [0.717, 1.165) is 27.3 Å². The van der Waals surface area contributed by atoms with Crippen LogP contribution in [0, 0.1) is 13.8 Å². The molecule has 3 heterocycles. The SMILES string of the molecule is Cc1cc(C(=O)NCc2cccs2)c2c(C)nn(C)c2n1. The lowest BCUT2D eigenvalue weighted by Crippen LogP contribution is -2.23. The van der Waals surface area contributed by atoms with E-state index in [1.165, 1.54) is 0 Å². The minimum Gasteiger partial charge on any atom is -0.347 e. The second-order valence-electron chi connectivity index (χ2n) is 4.98. The average Bonchev–Trinajstić information content (AvgIpc) is 3.05. The molecule has 21 heavy (non-hydrogen) atoms. The number of hydrogen-bond acceptors (Lipinski definition) is 4. The molecule has 1 N–H and O–H groups in total. The number of nitrogens with zero attached hydrogens (tertiary/aromatic N) is 3. The second kappa shape index (κ2) is 5.29. The van der Waals surface area contributed by atoms with E-state index >= 15 is 0 Å². The molecule has 108 valence electrons. The zero-order valence-corrected chi connectivity index (χ0v) is 13.0. The summed E-state index contributed by atoms with van der Waals surface area (Å²) in [5.41, 5.74) is 3.02. The summed E-state index contributed by atoms with van der Waals surface area (Å²) in [5.74, 6) is -0.0880. The highest BCUT2D eigenvalue weighted by Gasteiger charge is 2.17. The summed E-state index contributed by atoms with van der Waals surface area (Å²) in [6, 6.07) is 5.81. The molecule has 0 saturated carbocycles. The Morgan fingerprint density at radius 1 is 1.43 bits per heavy atom. The van der Waals surface area contributed by atoms with E-state index in [2.05, 4.69) is 15.4 Å². The Labute approximate surface area is 126 Å². The van der Waals surface area contributed by atoms with Gasteiger partial charge in [0.15, 0.2) is 5.65 Å². The number of carbonyl (C=O) groups is 1. The predicted molar refractivity (Wildman–Crippen MR) is 83.5 cm³/mol. The molecule has 6 heteroatoms. The predicted octanol–water partition coefficient (Wildman–Crippen LogP) is 2.58. The summed E-state index contributed by atoms with van der Waals surface area (Å²) in [4.78, 5) is 18.1. The number of carbonyl (C=O) groups excluding carboxylic acids is 1. The molecule has 0 aliphatic carbocycles. The van der Waals surface area contributed by atoms with Crippen molar-refractivity contribution in [1.82, 2.24) is 20.1 Å². The minimum absolute atomic E-state index is 0.0880. The van der Waals surface area contributed by atoms with Crippen molar-refractivity contribution in [2.24, 2.45) is 7.05 Å². The topological polar surface area (TPSA) is 59.8 Å². The normalized spacial score (nSPS) is 11.0. The van der Waals surface area contributed by atoms with Crippen LogP contribution in [0.15, 0.2) is 23.6 Å². The van der Waals surface area contributed by atoms with Crippen molar-refractivity contribution in [2.45, 2.75) is 20.4 Å². The Balaban J connectivity index is 1.97. The molecular formula is C15H16N4OS. The molecule has 0 fully saturated rings. The first-order valence-corrected chi connectivity index (χ1v) is 7.56. The van der Waals surface area contributed by atoms with Crippen LogP contribution in [-0.2, 0) is 13.6 Å². The Bertz CT molecular complexity index is 805. The Hall–Kier alpha value is -2.21. The number of nitrogens with one attached hydrogen (secondary N) is 1. The molecule has 3 aromatic rings. The summed E-state index contributed by atoms with van der Waals surface area (Å²) >= 11 is 1.63. The molecule has 0 aliphatic rings. The van der Waals surface area contributed by atoms with Crippen LogP contribution in [-0.4, -0.2) is 20.7 Å². The van der Waals surface area contributed by atoms with E-state index in [1.54, 1.807) is 16.0 Å². The molecule has 0 aliphatic heterocycles. The number of aromatic nitrogens is 3. The molecule has 0 aromatic carbocycles. The minimum atomic E-state index is -0.0880. The number of rotatable bonds is 3. The molecule has 5 nitrogen and oxygen atoms in total. The van der Waals surface area contributed by atoms with Crippen molar-refractivity contribution < 1.29 is 4.79 Å². The zero-order valence-electron chi connectivity index (χ0n) is 12.2. The molecule has 0 spiro atoms. The second-order valence-corrected chi connectivity index (χ2v) is 6.01. The molecule has 3 rings (SSSR count). The Morgan fingerprint density at radius 3 is 2.95 bits per heavy atom. The highest BCUT2D eigenvalue weighted by atomic mass is 32.1. The molecule has 1 amide bonds. The molecular weight excluding hydrogens is 284 g/mol. The van der Waals surface area contributed by atoms with Gasteiger partial charge < -0.3 is 5.32 Å². The van der Waals surface area contributed by atoms with Crippen LogP contribution < -0.4 is 5.32 Å². The maximum Gasteiger partial charge on any atom is 0.252 e. The van der Waals surface area contributed by atoms with E-state index in [0.29, 0.717) is 12.1 Å². The average molecular weight is 300 g/mol. The van der Waals surface area contributed by atoms with Gasteiger partial charge in [0.25, 0.3) is 5.91 Å². The van der Waals surface area contributed by atoms with Crippen LogP contribution in [0.25, 0.3) is 11.0 Å². The first-order valence-electron chi connectivity index (χ1n) is 6.68. The van der Waals surface area contributed by atoms with Gasteiger partial charge in [0.05, 0.1) is 23.2 Å². The number of amides is 1. The first-order chi connectivity index (χ1) is 10.1. The zero-order chi connectivity index (χ0) is 15.0. The quantitative estimate of drug-likeness (QED) is 0.808. The summed E-state index contributed by atoms with van der Waals surface area (Å²) in [5, 5.41) is 10.2. The van der Waals surface area contributed by atoms with Gasteiger partial charge in [0.2, 0.25) is 0 Å². The fraction of sp³-hybridized carbons (Fsp3) is 0.267. The van der Waals surface area contributed by atoms with Crippen LogP contribution in [0.4, 0.5) is 0 Å². The van der Waals surface area contributed by atoms with Crippen molar-refractivity contribution in [1.29, 1.82) is 0 Å². The Kier molecular flexibility index (Phi) is 3.47. The lowest BCUT2D eigenvalue weighted by Gasteiger charge is -2.07. The van der Waals surface area contributed by atoms with Crippen molar-refractivity contribution in [3.8, 4) is 0 Å². The summed E-state index contributed by atoms with van der Waals surface area (Å²) in [6.07, 6.45) is 0. The van der Waals surface area contributed by atoms with E-state index in [4.69, 9.17) is 0 Å². The third-order valence-corrected chi connectivity index (χ3v) is 4.22. The van der Waals surface area contributed by atoms with E-state index in [-0.39, 0.29) is 5.91 Å². The van der Waals surface area contributed by atoms with E-state index in [9.17, 15) is 4.79 Å². The number of fused-ring (bicyclic) bond motifs is 1. The summed E-state index contributed by atoms with van der Waals surface area (Å²) in [6.45, 7) is 4.33. The third kappa shape index (κ3) is 2.54. The Morgan fingerprint density at radius 2 is 2.24 bits per heavy atom. The van der Waals surface area contributed by atoms with Gasteiger partial charge in [-0.25, -0.2) is 4.98 Å². The first kappa shape index (κ1) is 13.8. The van der Waals surface area contributed by atoms with Gasteiger partial charge in [0.1, 0.15) is 0 Å². The third-order valence-electron chi connectivity index (χ3n) is 3.34. The monoisotopic (exact) mass is 300 g/mol. The summed E-state index contributed by atoms with van der Waals surface area (Å²) in [7, 11) is 1.84. The van der Waals surface area contributed by atoms with Crippen molar-refractivity contribution >= 4 is 28.3 Å². The number of pyridine rings is 1. The van der Waals surface area contributed by atoms with Gasteiger partial charge in [-0.15, -0.1) is 11.3 Å². The fourth-order valence-corrected chi connectivity index (χ4v) is 3.07. The van der Waals surface area contributed by atoms with Crippen LogP contribution in [0.5, 0.6) is 0 Å². The van der Waals surface area contributed by atoms with Gasteiger partial charge in [0, 0.05) is 17.6 Å². The van der Waals surface area contributed by atoms with Gasteiger partial charge in [-0.05, 0) is 31.4 Å². The molecule has 0 saturated heterocycles. The van der Waals surface area contributed by atoms with Crippen molar-refractivity contribution in [3.05, 3.63) is 45.4 Å². The van der Waals surface area contributed by atoms with Gasteiger partial charge in [-0.3, -0.25) is 9.48 Å². The smallest absolute Gasteiger partial charge is 0.252 e. The van der Waals surface area contributed by atoms with E-state index < -0.39 is 0 Å². The molecule has 0 bridgehead atoms. The van der Waals surface area contributed by atoms with E-state index in [1.807, 2.05) is 44.5 Å². The van der Waals surface area contributed by atoms with Gasteiger partial charge >= 0.3 is 0 Å². The highest BCUT2D eigenvalue weighted by Crippen LogP contribution is 2.21.